The number of aryl methyl sites for hydroxylation is 1. The number of methoxy groups -OCH3 is 1. The van der Waals surface area contributed by atoms with Crippen molar-refractivity contribution in [2.75, 3.05) is 20.2 Å². The average Bonchev–Trinajstić information content (AvgIpc) is 3.00. The summed E-state index contributed by atoms with van der Waals surface area (Å²) in [6.07, 6.45) is -4.84. The van der Waals surface area contributed by atoms with Gasteiger partial charge < -0.3 is 9.84 Å². The first kappa shape index (κ1) is 20.2. The first-order chi connectivity index (χ1) is 11.9. The Kier molecular flexibility index (Phi) is 5.34. The largest absolute Gasteiger partial charge is 0.481 e. The van der Waals surface area contributed by atoms with Gasteiger partial charge in [0.2, 0.25) is 10.0 Å². The van der Waals surface area contributed by atoms with Gasteiger partial charge in [0, 0.05) is 13.1 Å². The highest BCUT2D eigenvalue weighted by Crippen LogP contribution is 2.39. The Morgan fingerprint density at radius 2 is 1.88 bits per heavy atom. The molecule has 1 aliphatic heterocycles. The van der Waals surface area contributed by atoms with Gasteiger partial charge in [0.05, 0.1) is 29.4 Å². The molecule has 0 amide bonds. The van der Waals surface area contributed by atoms with E-state index in [4.69, 9.17) is 5.11 Å². The van der Waals surface area contributed by atoms with Crippen molar-refractivity contribution >= 4 is 22.0 Å². The molecular weight excluding hydrogens is 379 g/mol. The lowest BCUT2D eigenvalue weighted by Crippen LogP contribution is -2.34. The molecule has 0 unspecified atom stereocenters. The lowest BCUT2D eigenvalue weighted by molar-refractivity contribution is -0.187. The minimum atomic E-state index is -4.84. The summed E-state index contributed by atoms with van der Waals surface area (Å²) in [4.78, 5) is 22.3. The van der Waals surface area contributed by atoms with E-state index in [-0.39, 0.29) is 16.0 Å². The van der Waals surface area contributed by atoms with Crippen LogP contribution >= 0.6 is 0 Å². The Bertz CT molecular complexity index is 836. The second-order valence-corrected chi connectivity index (χ2v) is 7.82. The van der Waals surface area contributed by atoms with Crippen molar-refractivity contribution in [3.05, 3.63) is 29.3 Å². The van der Waals surface area contributed by atoms with Crippen molar-refractivity contribution in [3.63, 3.8) is 0 Å². The number of carboxylic acid groups (broad SMARTS) is 1. The van der Waals surface area contributed by atoms with E-state index in [2.05, 4.69) is 4.74 Å². The normalized spacial score (nSPS) is 21.6. The van der Waals surface area contributed by atoms with Gasteiger partial charge in [-0.25, -0.2) is 13.2 Å². The summed E-state index contributed by atoms with van der Waals surface area (Å²) >= 11 is 0. The van der Waals surface area contributed by atoms with Gasteiger partial charge in [-0.1, -0.05) is 0 Å². The number of carbonyl (C=O) groups is 2. The monoisotopic (exact) mass is 395 g/mol. The Labute approximate surface area is 147 Å². The van der Waals surface area contributed by atoms with Gasteiger partial charge in [-0.2, -0.15) is 17.5 Å². The van der Waals surface area contributed by atoms with Crippen LogP contribution in [0.3, 0.4) is 0 Å². The predicted molar refractivity (Wildman–Crippen MR) is 81.9 cm³/mol. The number of hydrogen-bond donors (Lipinski definition) is 1. The highest BCUT2D eigenvalue weighted by Gasteiger charge is 2.55. The van der Waals surface area contributed by atoms with Crippen LogP contribution in [-0.2, 0) is 19.6 Å². The Morgan fingerprint density at radius 3 is 2.31 bits per heavy atom. The number of benzene rings is 1. The maximum atomic E-state index is 13.0. The van der Waals surface area contributed by atoms with Gasteiger partial charge in [-0.05, 0) is 30.7 Å². The molecule has 0 aromatic heterocycles. The zero-order chi connectivity index (χ0) is 19.9. The maximum Gasteiger partial charge on any atom is 0.393 e. The van der Waals surface area contributed by atoms with Crippen molar-refractivity contribution in [1.29, 1.82) is 0 Å². The topological polar surface area (TPSA) is 101 Å². The molecule has 0 saturated carbocycles. The van der Waals surface area contributed by atoms with E-state index in [1.807, 2.05) is 0 Å². The molecule has 1 fully saturated rings. The second-order valence-electron chi connectivity index (χ2n) is 5.88. The van der Waals surface area contributed by atoms with E-state index in [1.165, 1.54) is 13.0 Å². The summed E-state index contributed by atoms with van der Waals surface area (Å²) in [5.41, 5.74) is 0.378. The minimum absolute atomic E-state index is 0.115. The van der Waals surface area contributed by atoms with E-state index < -0.39 is 53.1 Å². The number of halogens is 3. The molecule has 7 nitrogen and oxygen atoms in total. The highest BCUT2D eigenvalue weighted by atomic mass is 32.2. The number of aliphatic carboxylic acids is 1. The summed E-state index contributed by atoms with van der Waals surface area (Å²) in [7, 11) is -3.20. The lowest BCUT2D eigenvalue weighted by atomic mass is 9.96. The smallest absolute Gasteiger partial charge is 0.393 e. The number of alkyl halides is 3. The summed E-state index contributed by atoms with van der Waals surface area (Å²) in [6.45, 7) is -0.298. The number of hydrogen-bond acceptors (Lipinski definition) is 5. The maximum absolute atomic E-state index is 13.0. The van der Waals surface area contributed by atoms with Gasteiger partial charge >= 0.3 is 18.1 Å². The molecule has 1 saturated heterocycles. The van der Waals surface area contributed by atoms with E-state index >= 15 is 0 Å². The minimum Gasteiger partial charge on any atom is -0.481 e. The molecule has 0 aliphatic carbocycles. The van der Waals surface area contributed by atoms with Gasteiger partial charge in [0.25, 0.3) is 0 Å². The van der Waals surface area contributed by atoms with Crippen LogP contribution in [0.4, 0.5) is 13.2 Å². The van der Waals surface area contributed by atoms with Crippen LogP contribution in [-0.4, -0.2) is 56.1 Å². The second kappa shape index (κ2) is 6.88. The lowest BCUT2D eigenvalue weighted by Gasteiger charge is -2.18. The van der Waals surface area contributed by atoms with Crippen molar-refractivity contribution in [2.45, 2.75) is 18.0 Å². The van der Waals surface area contributed by atoms with E-state index in [0.29, 0.717) is 4.31 Å². The number of nitrogens with zero attached hydrogens (tertiary/aromatic N) is 1. The number of carbonyl (C=O) groups excluding carboxylic acids is 1. The molecule has 2 atom stereocenters. The molecule has 2 rings (SSSR count). The van der Waals surface area contributed by atoms with Gasteiger partial charge in [0.15, 0.2) is 0 Å². The molecule has 0 radical (unpaired) electrons. The van der Waals surface area contributed by atoms with E-state index in [0.717, 1.165) is 19.2 Å². The van der Waals surface area contributed by atoms with Crippen LogP contribution in [0.25, 0.3) is 0 Å². The van der Waals surface area contributed by atoms with Crippen LogP contribution in [0, 0.1) is 18.8 Å². The highest BCUT2D eigenvalue weighted by molar-refractivity contribution is 7.89. The third-order valence-corrected chi connectivity index (χ3v) is 6.09. The Morgan fingerprint density at radius 1 is 1.27 bits per heavy atom. The first-order valence-electron chi connectivity index (χ1n) is 7.38. The summed E-state index contributed by atoms with van der Waals surface area (Å²) in [5.74, 6) is -6.55. The fraction of sp³-hybridized carbons (Fsp3) is 0.467. The van der Waals surface area contributed by atoms with Crippen molar-refractivity contribution in [1.82, 2.24) is 4.31 Å². The zero-order valence-electron chi connectivity index (χ0n) is 13.8. The average molecular weight is 395 g/mol. The molecular formula is C15H16F3NO6S. The predicted octanol–water partition coefficient (Wildman–Crippen LogP) is 1.67. The molecule has 1 N–H and O–H groups in total. The van der Waals surface area contributed by atoms with Crippen LogP contribution in [0.1, 0.15) is 15.9 Å². The quantitative estimate of drug-likeness (QED) is 0.779. The van der Waals surface area contributed by atoms with Crippen LogP contribution in [0.15, 0.2) is 23.1 Å². The van der Waals surface area contributed by atoms with Crippen LogP contribution < -0.4 is 0 Å². The van der Waals surface area contributed by atoms with Crippen LogP contribution in [0.2, 0.25) is 0 Å². The first-order valence-corrected chi connectivity index (χ1v) is 8.82. The standard InChI is InChI=1S/C15H16F3NO6S/c1-8-5-9(3-4-10(8)14(22)25-2)26(23,24)19-6-11(13(20)21)12(7-19)15(16,17)18/h3-5,11-12H,6-7H2,1-2H3,(H,20,21)/t11-,12-/m1/s1. The molecule has 1 aliphatic rings. The molecule has 0 spiro atoms. The Balaban J connectivity index is 2.38. The third-order valence-electron chi connectivity index (χ3n) is 4.26. The van der Waals surface area contributed by atoms with Gasteiger partial charge in [-0.15, -0.1) is 0 Å². The van der Waals surface area contributed by atoms with Gasteiger partial charge in [-0.3, -0.25) is 4.79 Å². The zero-order valence-corrected chi connectivity index (χ0v) is 14.6. The summed E-state index contributed by atoms with van der Waals surface area (Å²) in [6, 6.07) is 3.41. The number of ether oxygens (including phenoxy) is 1. The fourth-order valence-electron chi connectivity index (χ4n) is 2.83. The van der Waals surface area contributed by atoms with Gasteiger partial charge in [0.1, 0.15) is 0 Å². The number of rotatable bonds is 4. The summed E-state index contributed by atoms with van der Waals surface area (Å²) in [5, 5.41) is 9.00. The molecule has 1 aromatic rings. The molecule has 144 valence electrons. The summed E-state index contributed by atoms with van der Waals surface area (Å²) < 4.78 is 69.4. The van der Waals surface area contributed by atoms with Crippen molar-refractivity contribution in [3.8, 4) is 0 Å². The Hall–Kier alpha value is -2.14. The molecule has 1 heterocycles. The molecule has 0 bridgehead atoms. The SMILES string of the molecule is COC(=O)c1ccc(S(=O)(=O)N2C[C@@H](C(F)(F)F)[C@H](C(=O)O)C2)cc1C. The van der Waals surface area contributed by atoms with E-state index in [9.17, 15) is 31.2 Å². The molecule has 26 heavy (non-hydrogen) atoms. The third kappa shape index (κ3) is 3.68. The van der Waals surface area contributed by atoms with Crippen LogP contribution in [0.5, 0.6) is 0 Å². The van der Waals surface area contributed by atoms with Crippen molar-refractivity contribution in [2.24, 2.45) is 11.8 Å². The molecule has 11 heteroatoms. The molecule has 1 aromatic carbocycles. The number of esters is 1. The fourth-order valence-corrected chi connectivity index (χ4v) is 4.41. The van der Waals surface area contributed by atoms with E-state index in [1.54, 1.807) is 0 Å². The van der Waals surface area contributed by atoms with Crippen molar-refractivity contribution < 1.29 is 41.0 Å². The number of sulfonamides is 1. The number of carboxylic acids is 1.